The average molecular weight is 189 g/mol. The molecule has 76 valence electrons. The molecule has 1 aromatic rings. The van der Waals surface area contributed by atoms with Gasteiger partial charge in [-0.3, -0.25) is 0 Å². The fraction of sp³-hybridized carbons (Fsp3) is 0.385. The molecule has 1 heteroatoms. The Hall–Kier alpha value is -1.08. The molecule has 0 amide bonds. The molecule has 1 nitrogen and oxygen atoms in total. The number of nitrogens with one attached hydrogen (secondary N) is 1. The monoisotopic (exact) mass is 189 g/mol. The predicted octanol–water partition coefficient (Wildman–Crippen LogP) is 3.01. The van der Waals surface area contributed by atoms with Crippen LogP contribution in [-0.4, -0.2) is 12.6 Å². The Labute approximate surface area is 86.8 Å². The molecule has 0 aliphatic carbocycles. The van der Waals surface area contributed by atoms with Crippen LogP contribution in [-0.2, 0) is 0 Å². The first-order valence-corrected chi connectivity index (χ1v) is 5.15. The Morgan fingerprint density at radius 3 is 2.64 bits per heavy atom. The summed E-state index contributed by atoms with van der Waals surface area (Å²) in [4.78, 5) is 0. The zero-order valence-corrected chi connectivity index (χ0v) is 9.25. The van der Waals surface area contributed by atoms with Crippen LogP contribution < -0.4 is 5.32 Å². The van der Waals surface area contributed by atoms with E-state index in [0.29, 0.717) is 6.04 Å². The fourth-order valence-corrected chi connectivity index (χ4v) is 1.26. The molecule has 0 aromatic heterocycles. The average Bonchev–Trinajstić information content (AvgIpc) is 2.15. The topological polar surface area (TPSA) is 12.0 Å². The van der Waals surface area contributed by atoms with E-state index in [1.54, 1.807) is 0 Å². The Morgan fingerprint density at radius 1 is 1.29 bits per heavy atom. The van der Waals surface area contributed by atoms with Crippen molar-refractivity contribution in [3.05, 3.63) is 41.5 Å². The van der Waals surface area contributed by atoms with Gasteiger partial charge in [0.1, 0.15) is 0 Å². The highest BCUT2D eigenvalue weighted by Gasteiger charge is 1.90. The maximum atomic E-state index is 3.35. The molecule has 0 saturated heterocycles. The number of hydrogen-bond acceptors (Lipinski definition) is 1. The zero-order valence-electron chi connectivity index (χ0n) is 9.25. The van der Waals surface area contributed by atoms with Crippen LogP contribution in [0.5, 0.6) is 0 Å². The van der Waals surface area contributed by atoms with E-state index in [2.05, 4.69) is 62.5 Å². The first-order valence-electron chi connectivity index (χ1n) is 5.15. The highest BCUT2D eigenvalue weighted by molar-refractivity contribution is 5.53. The van der Waals surface area contributed by atoms with E-state index in [4.69, 9.17) is 0 Å². The van der Waals surface area contributed by atoms with Crippen LogP contribution >= 0.6 is 0 Å². The van der Waals surface area contributed by atoms with Crippen molar-refractivity contribution in [2.45, 2.75) is 26.8 Å². The lowest BCUT2D eigenvalue weighted by Gasteiger charge is -2.04. The molecule has 0 aliphatic rings. The van der Waals surface area contributed by atoms with E-state index in [0.717, 1.165) is 6.54 Å². The second-order valence-corrected chi connectivity index (χ2v) is 3.82. The Kier molecular flexibility index (Phi) is 4.41. The van der Waals surface area contributed by atoms with Crippen molar-refractivity contribution in [1.82, 2.24) is 5.32 Å². The molecule has 0 heterocycles. The summed E-state index contributed by atoms with van der Waals surface area (Å²) >= 11 is 0. The lowest BCUT2D eigenvalue weighted by molar-refractivity contribution is 0.633. The van der Waals surface area contributed by atoms with E-state index >= 15 is 0 Å². The summed E-state index contributed by atoms with van der Waals surface area (Å²) in [6.45, 7) is 7.38. The molecule has 0 spiro atoms. The molecule has 0 aliphatic heterocycles. The standard InChI is InChI=1S/C13H19N/c1-11(2)14-10-6-9-13-8-5-4-7-12(13)3/h4-9,11,14H,10H2,1-3H3. The molecule has 0 atom stereocenters. The summed E-state index contributed by atoms with van der Waals surface area (Å²) < 4.78 is 0. The summed E-state index contributed by atoms with van der Waals surface area (Å²) in [5, 5.41) is 3.35. The van der Waals surface area contributed by atoms with Crippen LogP contribution in [0.2, 0.25) is 0 Å². The second-order valence-electron chi connectivity index (χ2n) is 3.82. The van der Waals surface area contributed by atoms with Gasteiger partial charge in [0.2, 0.25) is 0 Å². The Bertz CT molecular complexity index is 300. The lowest BCUT2D eigenvalue weighted by atomic mass is 10.1. The van der Waals surface area contributed by atoms with Gasteiger partial charge in [-0.15, -0.1) is 0 Å². The second kappa shape index (κ2) is 5.61. The smallest absolute Gasteiger partial charge is 0.0140 e. The van der Waals surface area contributed by atoms with E-state index in [1.165, 1.54) is 11.1 Å². The number of rotatable bonds is 4. The maximum Gasteiger partial charge on any atom is 0.0140 e. The van der Waals surface area contributed by atoms with Gasteiger partial charge in [0.15, 0.2) is 0 Å². The predicted molar refractivity (Wildman–Crippen MR) is 63.4 cm³/mol. The van der Waals surface area contributed by atoms with Gasteiger partial charge in [0.25, 0.3) is 0 Å². The lowest BCUT2D eigenvalue weighted by Crippen LogP contribution is -2.22. The van der Waals surface area contributed by atoms with Crippen molar-refractivity contribution in [3.63, 3.8) is 0 Å². The van der Waals surface area contributed by atoms with Gasteiger partial charge >= 0.3 is 0 Å². The van der Waals surface area contributed by atoms with Gasteiger partial charge in [0.05, 0.1) is 0 Å². The third kappa shape index (κ3) is 3.75. The SMILES string of the molecule is Cc1ccccc1C=CCNC(C)C. The number of hydrogen-bond donors (Lipinski definition) is 1. The van der Waals surface area contributed by atoms with Crippen molar-refractivity contribution in [2.75, 3.05) is 6.54 Å². The minimum absolute atomic E-state index is 0.552. The van der Waals surface area contributed by atoms with Crippen molar-refractivity contribution < 1.29 is 0 Å². The zero-order chi connectivity index (χ0) is 10.4. The molecule has 1 rings (SSSR count). The summed E-state index contributed by atoms with van der Waals surface area (Å²) in [6.07, 6.45) is 4.34. The summed E-state index contributed by atoms with van der Waals surface area (Å²) in [5.74, 6) is 0. The highest BCUT2D eigenvalue weighted by atomic mass is 14.9. The van der Waals surface area contributed by atoms with Crippen molar-refractivity contribution in [1.29, 1.82) is 0 Å². The largest absolute Gasteiger partial charge is 0.311 e. The first kappa shape index (κ1) is 11.0. The van der Waals surface area contributed by atoms with Gasteiger partial charge in [-0.05, 0) is 18.1 Å². The first-order chi connectivity index (χ1) is 6.70. The quantitative estimate of drug-likeness (QED) is 0.767. The third-order valence-electron chi connectivity index (χ3n) is 2.13. The van der Waals surface area contributed by atoms with Crippen molar-refractivity contribution >= 4 is 6.08 Å². The maximum absolute atomic E-state index is 3.35. The van der Waals surface area contributed by atoms with Crippen molar-refractivity contribution in [3.8, 4) is 0 Å². The van der Waals surface area contributed by atoms with E-state index < -0.39 is 0 Å². The fourth-order valence-electron chi connectivity index (χ4n) is 1.26. The molecular formula is C13H19N. The third-order valence-corrected chi connectivity index (χ3v) is 2.13. The molecule has 0 radical (unpaired) electrons. The van der Waals surface area contributed by atoms with E-state index in [-0.39, 0.29) is 0 Å². The number of benzene rings is 1. The van der Waals surface area contributed by atoms with Gasteiger partial charge in [0, 0.05) is 12.6 Å². The van der Waals surface area contributed by atoms with Gasteiger partial charge in [-0.25, -0.2) is 0 Å². The molecule has 1 aromatic carbocycles. The molecular weight excluding hydrogens is 170 g/mol. The molecule has 0 bridgehead atoms. The summed E-state index contributed by atoms with van der Waals surface area (Å²) in [7, 11) is 0. The van der Waals surface area contributed by atoms with Crippen LogP contribution in [0, 0.1) is 6.92 Å². The van der Waals surface area contributed by atoms with Gasteiger partial charge in [-0.1, -0.05) is 50.3 Å². The molecule has 14 heavy (non-hydrogen) atoms. The van der Waals surface area contributed by atoms with E-state index in [9.17, 15) is 0 Å². The van der Waals surface area contributed by atoms with Crippen molar-refractivity contribution in [2.24, 2.45) is 0 Å². The summed E-state index contributed by atoms with van der Waals surface area (Å²) in [6, 6.07) is 8.97. The van der Waals surface area contributed by atoms with E-state index in [1.807, 2.05) is 0 Å². The summed E-state index contributed by atoms with van der Waals surface area (Å²) in [5.41, 5.74) is 2.63. The van der Waals surface area contributed by atoms with Gasteiger partial charge < -0.3 is 5.32 Å². The Balaban J connectivity index is 2.48. The van der Waals surface area contributed by atoms with Crippen LogP contribution in [0.4, 0.5) is 0 Å². The normalized spacial score (nSPS) is 11.4. The van der Waals surface area contributed by atoms with Crippen LogP contribution in [0.1, 0.15) is 25.0 Å². The highest BCUT2D eigenvalue weighted by Crippen LogP contribution is 2.08. The molecule has 0 unspecified atom stereocenters. The molecule has 1 N–H and O–H groups in total. The molecule has 0 fully saturated rings. The van der Waals surface area contributed by atoms with Gasteiger partial charge in [-0.2, -0.15) is 0 Å². The van der Waals surface area contributed by atoms with Crippen LogP contribution in [0.25, 0.3) is 6.08 Å². The minimum atomic E-state index is 0.552. The minimum Gasteiger partial charge on any atom is -0.311 e. The van der Waals surface area contributed by atoms with Crippen LogP contribution in [0.3, 0.4) is 0 Å². The molecule has 0 saturated carbocycles. The Morgan fingerprint density at radius 2 is 2.00 bits per heavy atom. The van der Waals surface area contributed by atoms with Crippen LogP contribution in [0.15, 0.2) is 30.3 Å². The number of aryl methyl sites for hydroxylation is 1.